The molecule has 0 saturated carbocycles. The molecule has 0 aromatic rings. The van der Waals surface area contributed by atoms with Gasteiger partial charge in [-0.2, -0.15) is 0 Å². The molecule has 0 aromatic carbocycles. The zero-order valence-electron chi connectivity index (χ0n) is 28.3. The predicted molar refractivity (Wildman–Crippen MR) is 177 cm³/mol. The second kappa shape index (κ2) is 24.2. The molecule has 2 aliphatic heterocycles. The fraction of sp³-hybridized carbons (Fsp3) is 0.919. The van der Waals surface area contributed by atoms with Gasteiger partial charge in [0, 0.05) is 12.0 Å². The minimum absolute atomic E-state index is 0.148. The Labute approximate surface area is 269 Å². The second-order valence-corrected chi connectivity index (χ2v) is 13.8. The van der Waals surface area contributed by atoms with Crippen LogP contribution in [0, 0.1) is 0 Å². The summed E-state index contributed by atoms with van der Waals surface area (Å²) in [5, 5.41) is 41.8. The van der Waals surface area contributed by atoms with E-state index in [1.54, 1.807) is 6.08 Å². The van der Waals surface area contributed by atoms with Gasteiger partial charge in [-0.25, -0.2) is 4.79 Å². The van der Waals surface area contributed by atoms with Crippen LogP contribution < -0.4 is 0 Å². The number of ether oxygens (including phenoxy) is 2. The summed E-state index contributed by atoms with van der Waals surface area (Å²) in [6.07, 6.45) is 25.2. The fourth-order valence-electron chi connectivity index (χ4n) is 6.77. The standard InChI is InChI=1S/C37H68O7/c1-3-4-5-6-7-8-9-10-11-12-13-17-23-33(40)35-25-26-36(44-35)34(41)24-19-18-21-31(38)20-15-14-16-22-32(39)28-30-27-29(2)43-37(30)42/h27,29,31-36,38-41H,3-26,28H2,1-2H3/t29-,31+,32+,33+,34+,35+,36+/m0/s1. The van der Waals surface area contributed by atoms with Gasteiger partial charge in [-0.3, -0.25) is 0 Å². The van der Waals surface area contributed by atoms with Gasteiger partial charge < -0.3 is 29.9 Å². The first kappa shape index (κ1) is 39.2. The molecular formula is C37H68O7. The summed E-state index contributed by atoms with van der Waals surface area (Å²) in [7, 11) is 0. The Morgan fingerprint density at radius 3 is 1.55 bits per heavy atom. The maximum atomic E-state index is 11.7. The van der Waals surface area contributed by atoms with Gasteiger partial charge in [-0.1, -0.05) is 116 Å². The SMILES string of the molecule is CCCCCCCCCCCCCC[C@@H](O)[C@H]1CC[C@H]([C@H](O)CCCC[C@H](O)CCCCC[C@@H](O)CC2=C[C@H](C)OC2=O)O1. The molecule has 7 atom stereocenters. The normalized spacial score (nSPS) is 23.0. The molecule has 0 bridgehead atoms. The highest BCUT2D eigenvalue weighted by molar-refractivity contribution is 5.90. The van der Waals surface area contributed by atoms with Crippen molar-refractivity contribution in [2.24, 2.45) is 0 Å². The average molecular weight is 625 g/mol. The van der Waals surface area contributed by atoms with Crippen molar-refractivity contribution in [2.45, 2.75) is 217 Å². The zero-order valence-corrected chi connectivity index (χ0v) is 28.3. The zero-order chi connectivity index (χ0) is 32.0. The molecule has 1 saturated heterocycles. The summed E-state index contributed by atoms with van der Waals surface area (Å²) in [4.78, 5) is 11.7. The third-order valence-corrected chi connectivity index (χ3v) is 9.61. The molecule has 2 heterocycles. The Bertz CT molecular complexity index is 756. The van der Waals surface area contributed by atoms with E-state index in [0.717, 1.165) is 70.6 Å². The van der Waals surface area contributed by atoms with E-state index in [9.17, 15) is 25.2 Å². The van der Waals surface area contributed by atoms with Crippen molar-refractivity contribution >= 4 is 5.97 Å². The first-order valence-electron chi connectivity index (χ1n) is 18.6. The molecular weight excluding hydrogens is 556 g/mol. The summed E-state index contributed by atoms with van der Waals surface area (Å²) >= 11 is 0. The van der Waals surface area contributed by atoms with Crippen LogP contribution in [-0.4, -0.2) is 69.1 Å². The molecule has 0 amide bonds. The number of carbonyl (C=O) groups is 1. The van der Waals surface area contributed by atoms with Gasteiger partial charge in [0.05, 0.1) is 36.6 Å². The highest BCUT2D eigenvalue weighted by Gasteiger charge is 2.34. The van der Waals surface area contributed by atoms with E-state index in [1.807, 2.05) is 6.92 Å². The van der Waals surface area contributed by atoms with Crippen LogP contribution in [0.25, 0.3) is 0 Å². The Hall–Kier alpha value is -0.990. The van der Waals surface area contributed by atoms with Gasteiger partial charge in [-0.15, -0.1) is 0 Å². The van der Waals surface area contributed by atoms with E-state index >= 15 is 0 Å². The molecule has 0 radical (unpaired) electrons. The summed E-state index contributed by atoms with van der Waals surface area (Å²) in [5.41, 5.74) is 0.576. The Kier molecular flexibility index (Phi) is 21.6. The van der Waals surface area contributed by atoms with Gasteiger partial charge in [0.1, 0.15) is 6.10 Å². The maximum absolute atomic E-state index is 11.7. The van der Waals surface area contributed by atoms with E-state index in [1.165, 1.54) is 70.6 Å². The molecule has 258 valence electrons. The quantitative estimate of drug-likeness (QED) is 0.0518. The molecule has 1 fully saturated rings. The maximum Gasteiger partial charge on any atom is 0.334 e. The molecule has 0 unspecified atom stereocenters. The molecule has 0 aromatic heterocycles. The minimum Gasteiger partial charge on any atom is -0.455 e. The molecule has 0 aliphatic carbocycles. The van der Waals surface area contributed by atoms with E-state index in [2.05, 4.69) is 6.92 Å². The molecule has 7 heteroatoms. The second-order valence-electron chi connectivity index (χ2n) is 13.8. The van der Waals surface area contributed by atoms with E-state index in [0.29, 0.717) is 24.8 Å². The Balaban J connectivity index is 1.40. The predicted octanol–water partition coefficient (Wildman–Crippen LogP) is 7.84. The third-order valence-electron chi connectivity index (χ3n) is 9.61. The van der Waals surface area contributed by atoms with Crippen molar-refractivity contribution in [2.75, 3.05) is 0 Å². The number of hydrogen-bond acceptors (Lipinski definition) is 7. The van der Waals surface area contributed by atoms with Crippen molar-refractivity contribution in [3.8, 4) is 0 Å². The number of aliphatic hydroxyl groups is 4. The number of unbranched alkanes of at least 4 members (excludes halogenated alkanes) is 14. The Morgan fingerprint density at radius 2 is 1.05 bits per heavy atom. The summed E-state index contributed by atoms with van der Waals surface area (Å²) in [6, 6.07) is 0. The third kappa shape index (κ3) is 17.6. The summed E-state index contributed by atoms with van der Waals surface area (Å²) in [5.74, 6) is -0.314. The first-order valence-corrected chi connectivity index (χ1v) is 18.6. The van der Waals surface area contributed by atoms with Crippen LogP contribution in [0.4, 0.5) is 0 Å². The van der Waals surface area contributed by atoms with Gasteiger partial charge >= 0.3 is 5.97 Å². The van der Waals surface area contributed by atoms with Gasteiger partial charge in [-0.05, 0) is 57.9 Å². The van der Waals surface area contributed by atoms with E-state index in [4.69, 9.17) is 9.47 Å². The van der Waals surface area contributed by atoms with Crippen LogP contribution in [0.1, 0.15) is 174 Å². The molecule has 2 aliphatic rings. The van der Waals surface area contributed by atoms with Crippen molar-refractivity contribution in [1.82, 2.24) is 0 Å². The van der Waals surface area contributed by atoms with Crippen LogP contribution in [0.2, 0.25) is 0 Å². The van der Waals surface area contributed by atoms with E-state index in [-0.39, 0.29) is 30.4 Å². The highest BCUT2D eigenvalue weighted by atomic mass is 16.5. The lowest BCUT2D eigenvalue weighted by molar-refractivity contribution is -0.139. The van der Waals surface area contributed by atoms with Gasteiger partial charge in [0.25, 0.3) is 0 Å². The highest BCUT2D eigenvalue weighted by Crippen LogP contribution is 2.28. The topological polar surface area (TPSA) is 116 Å². The Morgan fingerprint density at radius 1 is 0.636 bits per heavy atom. The van der Waals surface area contributed by atoms with E-state index < -0.39 is 18.3 Å². The first-order chi connectivity index (χ1) is 21.3. The lowest BCUT2D eigenvalue weighted by atomic mass is 9.99. The summed E-state index contributed by atoms with van der Waals surface area (Å²) in [6.45, 7) is 4.08. The van der Waals surface area contributed by atoms with Crippen LogP contribution in [0.15, 0.2) is 11.6 Å². The van der Waals surface area contributed by atoms with Crippen molar-refractivity contribution < 1.29 is 34.7 Å². The van der Waals surface area contributed by atoms with Crippen LogP contribution in [-0.2, 0) is 14.3 Å². The number of aliphatic hydroxyl groups excluding tert-OH is 4. The average Bonchev–Trinajstić information content (AvgIpc) is 3.61. The molecule has 4 N–H and O–H groups in total. The van der Waals surface area contributed by atoms with Gasteiger partial charge in [0.15, 0.2) is 0 Å². The largest absolute Gasteiger partial charge is 0.455 e. The molecule has 44 heavy (non-hydrogen) atoms. The van der Waals surface area contributed by atoms with Crippen LogP contribution in [0.5, 0.6) is 0 Å². The lowest BCUT2D eigenvalue weighted by Crippen LogP contribution is -2.31. The number of rotatable bonds is 28. The van der Waals surface area contributed by atoms with Crippen molar-refractivity contribution in [3.63, 3.8) is 0 Å². The van der Waals surface area contributed by atoms with Crippen molar-refractivity contribution in [3.05, 3.63) is 11.6 Å². The monoisotopic (exact) mass is 624 g/mol. The van der Waals surface area contributed by atoms with Crippen LogP contribution in [0.3, 0.4) is 0 Å². The van der Waals surface area contributed by atoms with Gasteiger partial charge in [0.2, 0.25) is 0 Å². The number of carbonyl (C=O) groups excluding carboxylic acids is 1. The molecule has 0 spiro atoms. The molecule has 7 nitrogen and oxygen atoms in total. The van der Waals surface area contributed by atoms with Crippen LogP contribution >= 0.6 is 0 Å². The number of cyclic esters (lactones) is 1. The molecule has 2 rings (SSSR count). The van der Waals surface area contributed by atoms with Crippen molar-refractivity contribution in [1.29, 1.82) is 0 Å². The summed E-state index contributed by atoms with van der Waals surface area (Å²) < 4.78 is 11.1. The lowest BCUT2D eigenvalue weighted by Gasteiger charge is -2.22. The minimum atomic E-state index is -0.531. The fourth-order valence-corrected chi connectivity index (χ4v) is 6.77. The number of hydrogen-bond donors (Lipinski definition) is 4. The number of esters is 1. The smallest absolute Gasteiger partial charge is 0.334 e.